The van der Waals surface area contributed by atoms with Gasteiger partial charge in [-0.2, -0.15) is 0 Å². The van der Waals surface area contributed by atoms with Gasteiger partial charge in [-0.05, 0) is 55.0 Å². The lowest BCUT2D eigenvalue weighted by molar-refractivity contribution is -0.130. The Morgan fingerprint density at radius 3 is 2.63 bits per heavy atom. The van der Waals surface area contributed by atoms with Gasteiger partial charge in [-0.3, -0.25) is 0 Å². The summed E-state index contributed by atoms with van der Waals surface area (Å²) in [6.07, 6.45) is 3.03. The lowest BCUT2D eigenvalue weighted by Crippen LogP contribution is -2.09. The Kier molecular flexibility index (Phi) is 5.43. The lowest BCUT2D eigenvalue weighted by atomic mass is 10.1. The number of carbonyl (C=O) groups excluding carboxylic acids is 2. The second-order valence-corrected chi connectivity index (χ2v) is 6.21. The van der Waals surface area contributed by atoms with Crippen LogP contribution in [0.4, 0.5) is 0 Å². The molecular formula is C23H17NO6. The van der Waals surface area contributed by atoms with E-state index in [9.17, 15) is 9.59 Å². The van der Waals surface area contributed by atoms with Gasteiger partial charge < -0.3 is 18.6 Å². The van der Waals surface area contributed by atoms with Crippen LogP contribution in [0.15, 0.2) is 82.0 Å². The molecule has 0 spiro atoms. The van der Waals surface area contributed by atoms with Crippen molar-refractivity contribution in [2.24, 2.45) is 4.99 Å². The Labute approximate surface area is 172 Å². The molecule has 0 atom stereocenters. The maximum Gasteiger partial charge on any atom is 0.363 e. The number of cyclic esters (lactones) is 1. The molecule has 1 aromatic heterocycles. The fourth-order valence-electron chi connectivity index (χ4n) is 2.77. The SMILES string of the molecule is CCOc1cc(/C=C2\N=C(c3ccco3)OC2=O)ccc1OC(=O)c1ccccc1. The van der Waals surface area contributed by atoms with Crippen molar-refractivity contribution < 1.29 is 28.2 Å². The summed E-state index contributed by atoms with van der Waals surface area (Å²) in [7, 11) is 0. The van der Waals surface area contributed by atoms with Crippen LogP contribution in [0.25, 0.3) is 6.08 Å². The van der Waals surface area contributed by atoms with Crippen LogP contribution in [0.5, 0.6) is 11.5 Å². The Morgan fingerprint density at radius 2 is 1.90 bits per heavy atom. The van der Waals surface area contributed by atoms with Gasteiger partial charge in [0.15, 0.2) is 23.0 Å². The number of nitrogens with zero attached hydrogens (tertiary/aromatic N) is 1. The molecule has 7 nitrogen and oxygen atoms in total. The van der Waals surface area contributed by atoms with Crippen LogP contribution in [0.2, 0.25) is 0 Å². The highest BCUT2D eigenvalue weighted by molar-refractivity contribution is 6.11. The fourth-order valence-corrected chi connectivity index (χ4v) is 2.77. The minimum Gasteiger partial charge on any atom is -0.490 e. The number of rotatable bonds is 6. The summed E-state index contributed by atoms with van der Waals surface area (Å²) in [4.78, 5) is 28.6. The molecule has 0 unspecified atom stereocenters. The number of benzene rings is 2. The average molecular weight is 403 g/mol. The number of aliphatic imine (C=N–C) groups is 1. The molecular weight excluding hydrogens is 386 g/mol. The van der Waals surface area contributed by atoms with E-state index < -0.39 is 11.9 Å². The number of furan rings is 1. The van der Waals surface area contributed by atoms with Crippen molar-refractivity contribution in [3.63, 3.8) is 0 Å². The van der Waals surface area contributed by atoms with Gasteiger partial charge in [0.2, 0.25) is 0 Å². The summed E-state index contributed by atoms with van der Waals surface area (Å²) in [5.41, 5.74) is 1.19. The van der Waals surface area contributed by atoms with Gasteiger partial charge in [-0.25, -0.2) is 14.6 Å². The van der Waals surface area contributed by atoms with E-state index in [-0.39, 0.29) is 17.3 Å². The van der Waals surface area contributed by atoms with Crippen LogP contribution >= 0.6 is 0 Å². The maximum atomic E-state index is 12.3. The smallest absolute Gasteiger partial charge is 0.363 e. The lowest BCUT2D eigenvalue weighted by Gasteiger charge is -2.11. The highest BCUT2D eigenvalue weighted by Gasteiger charge is 2.26. The molecule has 2 aromatic carbocycles. The molecule has 3 aromatic rings. The topological polar surface area (TPSA) is 87.3 Å². The first-order valence-corrected chi connectivity index (χ1v) is 9.24. The van der Waals surface area contributed by atoms with E-state index >= 15 is 0 Å². The number of hydrogen-bond acceptors (Lipinski definition) is 7. The molecule has 7 heteroatoms. The molecule has 30 heavy (non-hydrogen) atoms. The average Bonchev–Trinajstić information content (AvgIpc) is 3.41. The van der Waals surface area contributed by atoms with Crippen LogP contribution in [-0.4, -0.2) is 24.4 Å². The second kappa shape index (κ2) is 8.48. The van der Waals surface area contributed by atoms with Gasteiger partial charge in [-0.1, -0.05) is 24.3 Å². The minimum absolute atomic E-state index is 0.106. The van der Waals surface area contributed by atoms with E-state index in [1.54, 1.807) is 60.7 Å². The molecule has 0 N–H and O–H groups in total. The first-order chi connectivity index (χ1) is 14.6. The van der Waals surface area contributed by atoms with E-state index in [2.05, 4.69) is 4.99 Å². The summed E-state index contributed by atoms with van der Waals surface area (Å²) in [6.45, 7) is 2.20. The van der Waals surface area contributed by atoms with Gasteiger partial charge in [0, 0.05) is 0 Å². The standard InChI is InChI=1S/C23H17NO6/c1-2-27-20-14-15(10-11-18(20)29-22(25)16-7-4-3-5-8-16)13-17-23(26)30-21(24-17)19-9-6-12-28-19/h3-14H,2H2,1H3/b17-13-. The summed E-state index contributed by atoms with van der Waals surface area (Å²) in [5, 5.41) is 0. The van der Waals surface area contributed by atoms with E-state index in [4.69, 9.17) is 18.6 Å². The monoisotopic (exact) mass is 403 g/mol. The summed E-state index contributed by atoms with van der Waals surface area (Å²) >= 11 is 0. The molecule has 0 fully saturated rings. The minimum atomic E-state index is -0.584. The molecule has 1 aliphatic rings. The predicted octanol–water partition coefficient (Wildman–Crippen LogP) is 4.24. The third-order valence-electron chi connectivity index (χ3n) is 4.14. The summed E-state index contributed by atoms with van der Waals surface area (Å²) in [6, 6.07) is 17.0. The Hall–Kier alpha value is -4.13. The third kappa shape index (κ3) is 4.15. The molecule has 1 aliphatic heterocycles. The molecule has 0 amide bonds. The zero-order valence-corrected chi connectivity index (χ0v) is 16.0. The summed E-state index contributed by atoms with van der Waals surface area (Å²) < 4.78 is 21.4. The first kappa shape index (κ1) is 19.2. The molecule has 0 saturated carbocycles. The van der Waals surface area contributed by atoms with Crippen LogP contribution in [0.1, 0.15) is 28.6 Å². The van der Waals surface area contributed by atoms with E-state index in [0.717, 1.165) is 0 Å². The zero-order chi connectivity index (χ0) is 20.9. The van der Waals surface area contributed by atoms with Crippen LogP contribution in [0.3, 0.4) is 0 Å². The number of esters is 2. The van der Waals surface area contributed by atoms with Crippen molar-refractivity contribution in [2.75, 3.05) is 6.61 Å². The first-order valence-electron chi connectivity index (χ1n) is 9.24. The van der Waals surface area contributed by atoms with E-state index in [0.29, 0.717) is 29.2 Å². The molecule has 0 radical (unpaired) electrons. The molecule has 0 saturated heterocycles. The van der Waals surface area contributed by atoms with Crippen molar-refractivity contribution in [1.29, 1.82) is 0 Å². The van der Waals surface area contributed by atoms with Crippen molar-refractivity contribution in [1.82, 2.24) is 0 Å². The number of hydrogen-bond donors (Lipinski definition) is 0. The van der Waals surface area contributed by atoms with Gasteiger partial charge >= 0.3 is 11.9 Å². The van der Waals surface area contributed by atoms with Crippen LogP contribution in [0, 0.1) is 0 Å². The normalized spacial score (nSPS) is 14.4. The molecule has 4 rings (SSSR count). The van der Waals surface area contributed by atoms with E-state index in [1.165, 1.54) is 6.26 Å². The van der Waals surface area contributed by atoms with Crippen molar-refractivity contribution in [3.05, 3.63) is 89.5 Å². The van der Waals surface area contributed by atoms with Gasteiger partial charge in [0.05, 0.1) is 18.4 Å². The summed E-state index contributed by atoms with van der Waals surface area (Å²) in [5.74, 6) is 0.0487. The molecule has 150 valence electrons. The number of ether oxygens (including phenoxy) is 3. The molecule has 2 heterocycles. The van der Waals surface area contributed by atoms with Gasteiger partial charge in [-0.15, -0.1) is 0 Å². The number of carbonyl (C=O) groups is 2. The highest BCUT2D eigenvalue weighted by atomic mass is 16.6. The molecule has 0 bridgehead atoms. The third-order valence-corrected chi connectivity index (χ3v) is 4.14. The largest absolute Gasteiger partial charge is 0.490 e. The second-order valence-electron chi connectivity index (χ2n) is 6.21. The van der Waals surface area contributed by atoms with E-state index in [1.807, 2.05) is 13.0 Å². The quantitative estimate of drug-likeness (QED) is 0.348. The maximum absolute atomic E-state index is 12.3. The predicted molar refractivity (Wildman–Crippen MR) is 108 cm³/mol. The Morgan fingerprint density at radius 1 is 1.07 bits per heavy atom. The Balaban J connectivity index is 1.59. The van der Waals surface area contributed by atoms with Crippen LogP contribution in [-0.2, 0) is 9.53 Å². The van der Waals surface area contributed by atoms with Crippen molar-refractivity contribution >= 4 is 23.9 Å². The van der Waals surface area contributed by atoms with Gasteiger partial charge in [0.25, 0.3) is 5.90 Å². The molecule has 0 aliphatic carbocycles. The fraction of sp³-hybridized carbons (Fsp3) is 0.0870. The van der Waals surface area contributed by atoms with Gasteiger partial charge in [0.1, 0.15) is 0 Å². The highest BCUT2D eigenvalue weighted by Crippen LogP contribution is 2.31. The van der Waals surface area contributed by atoms with Crippen molar-refractivity contribution in [2.45, 2.75) is 6.92 Å². The van der Waals surface area contributed by atoms with Crippen molar-refractivity contribution in [3.8, 4) is 11.5 Å². The zero-order valence-electron chi connectivity index (χ0n) is 16.0. The Bertz CT molecular complexity index is 1130. The van der Waals surface area contributed by atoms with Crippen LogP contribution < -0.4 is 9.47 Å².